The molecule has 1 N–H and O–H groups in total. The maximum absolute atomic E-state index is 11.1. The van der Waals surface area contributed by atoms with Crippen LogP contribution in [0.25, 0.3) is 0 Å². The number of nitro groups is 1. The second-order valence-electron chi connectivity index (χ2n) is 5.82. The smallest absolute Gasteiger partial charge is 0.333 e. The number of aryl methyl sites for hydroxylation is 2. The van der Waals surface area contributed by atoms with Gasteiger partial charge in [0.05, 0.1) is 4.92 Å². The Morgan fingerprint density at radius 3 is 2.90 bits per heavy atom. The van der Waals surface area contributed by atoms with E-state index < -0.39 is 0 Å². The first-order valence-electron chi connectivity index (χ1n) is 7.66. The summed E-state index contributed by atoms with van der Waals surface area (Å²) in [7, 11) is 1.73. The van der Waals surface area contributed by atoms with E-state index in [-0.39, 0.29) is 10.6 Å². The number of rotatable bonds is 6. The normalized spacial score (nSPS) is 19.7. The summed E-state index contributed by atoms with van der Waals surface area (Å²) in [6.45, 7) is 6.88. The minimum Gasteiger partial charge on any atom is -0.364 e. The topological polar surface area (TPSA) is 76.2 Å². The predicted octanol–water partition coefficient (Wildman–Crippen LogP) is 2.31. The fraction of sp³-hybridized carbons (Fsp3) is 0.786. The number of hydrogen-bond donors (Lipinski definition) is 1. The van der Waals surface area contributed by atoms with Crippen LogP contribution in [0, 0.1) is 17.0 Å². The highest BCUT2D eigenvalue weighted by Gasteiger charge is 2.23. The summed E-state index contributed by atoms with van der Waals surface area (Å²) in [5.74, 6) is 0.504. The van der Waals surface area contributed by atoms with Crippen molar-refractivity contribution in [1.29, 1.82) is 0 Å². The van der Waals surface area contributed by atoms with Gasteiger partial charge in [0.2, 0.25) is 5.82 Å². The van der Waals surface area contributed by atoms with Crippen LogP contribution in [-0.4, -0.2) is 45.3 Å². The fourth-order valence-electron chi connectivity index (χ4n) is 3.04. The summed E-state index contributed by atoms with van der Waals surface area (Å²) >= 11 is 0. The Kier molecular flexibility index (Phi) is 5.17. The van der Waals surface area contributed by atoms with Gasteiger partial charge in [-0.1, -0.05) is 6.42 Å². The Labute approximate surface area is 125 Å². The van der Waals surface area contributed by atoms with Crippen molar-refractivity contribution in [3.8, 4) is 0 Å². The molecule has 7 heteroatoms. The maximum atomic E-state index is 11.1. The monoisotopic (exact) mass is 295 g/mol. The molecule has 0 bridgehead atoms. The van der Waals surface area contributed by atoms with E-state index in [1.807, 2.05) is 0 Å². The van der Waals surface area contributed by atoms with Gasteiger partial charge in [-0.15, -0.1) is 0 Å². The van der Waals surface area contributed by atoms with Crippen LogP contribution in [0.15, 0.2) is 0 Å². The van der Waals surface area contributed by atoms with Gasteiger partial charge in [0.1, 0.15) is 5.69 Å². The molecule has 2 heterocycles. The third kappa shape index (κ3) is 3.72. The summed E-state index contributed by atoms with van der Waals surface area (Å²) < 4.78 is 1.55. The summed E-state index contributed by atoms with van der Waals surface area (Å²) in [5.41, 5.74) is 0.540. The van der Waals surface area contributed by atoms with Crippen molar-refractivity contribution < 1.29 is 4.92 Å². The average Bonchev–Trinajstić information content (AvgIpc) is 2.71. The molecule has 0 radical (unpaired) electrons. The van der Waals surface area contributed by atoms with Crippen molar-refractivity contribution in [1.82, 2.24) is 14.7 Å². The first-order chi connectivity index (χ1) is 10.0. The Hall–Kier alpha value is -1.63. The first kappa shape index (κ1) is 15.8. The third-order valence-electron chi connectivity index (χ3n) is 4.23. The number of hydrogen-bond acceptors (Lipinski definition) is 5. The van der Waals surface area contributed by atoms with Crippen LogP contribution in [0.2, 0.25) is 0 Å². The number of piperidine rings is 1. The largest absolute Gasteiger partial charge is 0.364 e. The van der Waals surface area contributed by atoms with E-state index in [2.05, 4.69) is 22.2 Å². The minimum absolute atomic E-state index is 0.0869. The molecule has 0 spiro atoms. The Balaban J connectivity index is 1.85. The number of anilines is 1. The SMILES string of the molecule is Cc1nn(C)c(NCCCN2CCCCC2C)c1[N+](=O)[O-]. The van der Waals surface area contributed by atoms with Crippen molar-refractivity contribution >= 4 is 11.5 Å². The number of likely N-dealkylation sites (tertiary alicyclic amines) is 1. The molecule has 1 aromatic rings. The molecule has 118 valence electrons. The van der Waals surface area contributed by atoms with Gasteiger partial charge in [-0.25, -0.2) is 4.68 Å². The summed E-state index contributed by atoms with van der Waals surface area (Å²) in [6.07, 6.45) is 4.87. The van der Waals surface area contributed by atoms with Gasteiger partial charge in [0.15, 0.2) is 0 Å². The molecular formula is C14H25N5O2. The van der Waals surface area contributed by atoms with Gasteiger partial charge in [0.25, 0.3) is 0 Å². The standard InChI is InChI=1S/C14H25N5O2/c1-11-7-4-5-9-18(11)10-6-8-15-14-13(19(20)21)12(2)16-17(14)3/h11,15H,4-10H2,1-3H3. The van der Waals surface area contributed by atoms with E-state index in [1.165, 1.54) is 25.8 Å². The quantitative estimate of drug-likeness (QED) is 0.495. The number of nitrogens with zero attached hydrogens (tertiary/aromatic N) is 4. The molecule has 1 fully saturated rings. The van der Waals surface area contributed by atoms with E-state index in [0.29, 0.717) is 17.6 Å². The summed E-state index contributed by atoms with van der Waals surface area (Å²) in [6, 6.07) is 0.659. The molecule has 1 aliphatic heterocycles. The highest BCUT2D eigenvalue weighted by atomic mass is 16.6. The highest BCUT2D eigenvalue weighted by molar-refractivity contribution is 5.59. The van der Waals surface area contributed by atoms with Gasteiger partial charge in [-0.2, -0.15) is 5.10 Å². The second-order valence-corrected chi connectivity index (χ2v) is 5.82. The number of nitrogens with one attached hydrogen (secondary N) is 1. The van der Waals surface area contributed by atoms with Gasteiger partial charge >= 0.3 is 5.69 Å². The van der Waals surface area contributed by atoms with Crippen LogP contribution in [-0.2, 0) is 7.05 Å². The molecule has 0 amide bonds. The van der Waals surface area contributed by atoms with Crippen molar-refractivity contribution in [2.75, 3.05) is 25.0 Å². The lowest BCUT2D eigenvalue weighted by Crippen LogP contribution is -2.38. The second kappa shape index (κ2) is 6.89. The zero-order valence-corrected chi connectivity index (χ0v) is 13.1. The molecular weight excluding hydrogens is 270 g/mol. The fourth-order valence-corrected chi connectivity index (χ4v) is 3.04. The lowest BCUT2D eigenvalue weighted by atomic mass is 10.0. The first-order valence-corrected chi connectivity index (χ1v) is 7.66. The Morgan fingerprint density at radius 2 is 2.24 bits per heavy atom. The molecule has 2 rings (SSSR count). The summed E-state index contributed by atoms with van der Waals surface area (Å²) in [5, 5.41) is 18.4. The predicted molar refractivity (Wildman–Crippen MR) is 82.6 cm³/mol. The van der Waals surface area contributed by atoms with Crippen LogP contribution in [0.4, 0.5) is 11.5 Å². The van der Waals surface area contributed by atoms with Gasteiger partial charge in [0, 0.05) is 26.2 Å². The number of aromatic nitrogens is 2. The molecule has 0 aromatic carbocycles. The zero-order valence-electron chi connectivity index (χ0n) is 13.1. The van der Waals surface area contributed by atoms with E-state index in [4.69, 9.17) is 0 Å². The van der Waals surface area contributed by atoms with E-state index in [1.54, 1.807) is 18.7 Å². The Morgan fingerprint density at radius 1 is 1.48 bits per heavy atom. The highest BCUT2D eigenvalue weighted by Crippen LogP contribution is 2.27. The lowest BCUT2D eigenvalue weighted by Gasteiger charge is -2.33. The third-order valence-corrected chi connectivity index (χ3v) is 4.23. The average molecular weight is 295 g/mol. The van der Waals surface area contributed by atoms with Crippen molar-refractivity contribution in [2.24, 2.45) is 7.05 Å². The maximum Gasteiger partial charge on any atom is 0.333 e. The van der Waals surface area contributed by atoms with Crippen LogP contribution < -0.4 is 5.32 Å². The van der Waals surface area contributed by atoms with Gasteiger partial charge in [-0.3, -0.25) is 10.1 Å². The van der Waals surface area contributed by atoms with Crippen molar-refractivity contribution in [3.63, 3.8) is 0 Å². The van der Waals surface area contributed by atoms with Crippen molar-refractivity contribution in [2.45, 2.75) is 45.6 Å². The van der Waals surface area contributed by atoms with Gasteiger partial charge in [-0.05, 0) is 39.7 Å². The van der Waals surface area contributed by atoms with Gasteiger partial charge < -0.3 is 10.2 Å². The molecule has 1 saturated heterocycles. The van der Waals surface area contributed by atoms with Crippen LogP contribution in [0.1, 0.15) is 38.3 Å². The molecule has 1 aromatic heterocycles. The molecule has 7 nitrogen and oxygen atoms in total. The van der Waals surface area contributed by atoms with Crippen LogP contribution >= 0.6 is 0 Å². The minimum atomic E-state index is -0.364. The Bertz CT molecular complexity index is 500. The molecule has 21 heavy (non-hydrogen) atoms. The lowest BCUT2D eigenvalue weighted by molar-refractivity contribution is -0.384. The molecule has 0 saturated carbocycles. The van der Waals surface area contributed by atoms with Crippen LogP contribution in [0.5, 0.6) is 0 Å². The summed E-state index contributed by atoms with van der Waals surface area (Å²) in [4.78, 5) is 13.2. The van der Waals surface area contributed by atoms with Crippen molar-refractivity contribution in [3.05, 3.63) is 15.8 Å². The van der Waals surface area contributed by atoms with Crippen LogP contribution in [0.3, 0.4) is 0 Å². The molecule has 1 aliphatic rings. The molecule has 1 unspecified atom stereocenters. The zero-order chi connectivity index (χ0) is 15.4. The van der Waals surface area contributed by atoms with E-state index >= 15 is 0 Å². The van der Waals surface area contributed by atoms with E-state index in [9.17, 15) is 10.1 Å². The molecule has 0 aliphatic carbocycles. The van der Waals surface area contributed by atoms with E-state index in [0.717, 1.165) is 19.5 Å². The molecule has 1 atom stereocenters.